The highest BCUT2D eigenvalue weighted by Gasteiger charge is 2.19. The summed E-state index contributed by atoms with van der Waals surface area (Å²) in [6, 6.07) is 11.7. The van der Waals surface area contributed by atoms with Gasteiger partial charge in [0.05, 0.1) is 13.2 Å². The molecule has 2 heterocycles. The first-order valence-electron chi connectivity index (χ1n) is 8.27. The van der Waals surface area contributed by atoms with Crippen LogP contribution in [0.1, 0.15) is 23.0 Å². The minimum atomic E-state index is -0.0711. The molecule has 0 N–H and O–H groups in total. The number of carbonyl (C=O) groups excluding carboxylic acids is 1. The van der Waals surface area contributed by atoms with Gasteiger partial charge in [-0.2, -0.15) is 0 Å². The van der Waals surface area contributed by atoms with Crippen molar-refractivity contribution in [3.05, 3.63) is 53.9 Å². The van der Waals surface area contributed by atoms with Gasteiger partial charge in [-0.1, -0.05) is 30.3 Å². The summed E-state index contributed by atoms with van der Waals surface area (Å²) >= 11 is 0. The van der Waals surface area contributed by atoms with Crippen molar-refractivity contribution in [2.45, 2.75) is 13.5 Å². The molecule has 1 aromatic heterocycles. The van der Waals surface area contributed by atoms with Crippen molar-refractivity contribution < 1.29 is 9.53 Å². The third-order valence-electron chi connectivity index (χ3n) is 4.04. The molecule has 2 aromatic rings. The van der Waals surface area contributed by atoms with E-state index in [4.69, 9.17) is 4.74 Å². The van der Waals surface area contributed by atoms with Crippen LogP contribution in [-0.4, -0.2) is 53.6 Å². The van der Waals surface area contributed by atoms with Crippen LogP contribution in [0.5, 0.6) is 0 Å². The molecular weight excluding hydrogens is 304 g/mol. The number of anilines is 1. The van der Waals surface area contributed by atoms with E-state index in [1.807, 2.05) is 42.2 Å². The van der Waals surface area contributed by atoms with Crippen LogP contribution in [0.3, 0.4) is 0 Å². The van der Waals surface area contributed by atoms with Crippen molar-refractivity contribution in [2.24, 2.45) is 0 Å². The SMILES string of the molecule is CCN(Cc1ccccc1)C(=O)c1ccnc(N2CCOCC2)n1. The standard InChI is InChI=1S/C18H22N4O2/c1-2-21(14-15-6-4-3-5-7-15)17(23)16-8-9-19-18(20-16)22-10-12-24-13-11-22/h3-9H,2,10-14H2,1H3. The molecule has 0 saturated carbocycles. The second-order valence-electron chi connectivity index (χ2n) is 5.65. The fourth-order valence-electron chi connectivity index (χ4n) is 2.68. The van der Waals surface area contributed by atoms with Crippen LogP contribution < -0.4 is 4.90 Å². The molecule has 6 nitrogen and oxygen atoms in total. The number of amides is 1. The first kappa shape index (κ1) is 16.4. The molecular formula is C18H22N4O2. The molecule has 0 spiro atoms. The van der Waals surface area contributed by atoms with Crippen LogP contribution >= 0.6 is 0 Å². The molecule has 0 atom stereocenters. The summed E-state index contributed by atoms with van der Waals surface area (Å²) in [5, 5.41) is 0. The van der Waals surface area contributed by atoms with E-state index in [1.165, 1.54) is 0 Å². The van der Waals surface area contributed by atoms with E-state index in [2.05, 4.69) is 9.97 Å². The number of hydrogen-bond donors (Lipinski definition) is 0. The third kappa shape index (κ3) is 3.89. The predicted octanol–water partition coefficient (Wildman–Crippen LogP) is 1.98. The Balaban J connectivity index is 1.75. The van der Waals surface area contributed by atoms with Crippen LogP contribution in [-0.2, 0) is 11.3 Å². The van der Waals surface area contributed by atoms with Crippen molar-refractivity contribution in [1.82, 2.24) is 14.9 Å². The van der Waals surface area contributed by atoms with Gasteiger partial charge in [0, 0.05) is 32.4 Å². The van der Waals surface area contributed by atoms with Gasteiger partial charge in [0.15, 0.2) is 0 Å². The maximum absolute atomic E-state index is 12.8. The summed E-state index contributed by atoms with van der Waals surface area (Å²) in [7, 11) is 0. The number of aromatic nitrogens is 2. The number of ether oxygens (including phenoxy) is 1. The highest BCUT2D eigenvalue weighted by Crippen LogP contribution is 2.13. The highest BCUT2D eigenvalue weighted by molar-refractivity contribution is 5.92. The first-order valence-corrected chi connectivity index (χ1v) is 8.27. The van der Waals surface area contributed by atoms with E-state index >= 15 is 0 Å². The Labute approximate surface area is 142 Å². The Morgan fingerprint density at radius 3 is 2.67 bits per heavy atom. The molecule has 0 aliphatic carbocycles. The molecule has 0 radical (unpaired) electrons. The zero-order chi connectivity index (χ0) is 16.8. The molecule has 1 saturated heterocycles. The lowest BCUT2D eigenvalue weighted by atomic mass is 10.2. The number of benzene rings is 1. The van der Waals surface area contributed by atoms with Gasteiger partial charge in [-0.25, -0.2) is 9.97 Å². The largest absolute Gasteiger partial charge is 0.378 e. The van der Waals surface area contributed by atoms with E-state index in [9.17, 15) is 4.79 Å². The number of morpholine rings is 1. The van der Waals surface area contributed by atoms with Gasteiger partial charge in [-0.3, -0.25) is 4.79 Å². The molecule has 0 bridgehead atoms. The van der Waals surface area contributed by atoms with Crippen molar-refractivity contribution in [3.8, 4) is 0 Å². The minimum Gasteiger partial charge on any atom is -0.378 e. The maximum atomic E-state index is 12.8. The van der Waals surface area contributed by atoms with Gasteiger partial charge in [0.1, 0.15) is 5.69 Å². The molecule has 6 heteroatoms. The molecule has 1 aliphatic rings. The first-order chi connectivity index (χ1) is 11.8. The zero-order valence-electron chi connectivity index (χ0n) is 13.9. The average Bonchev–Trinajstić information content (AvgIpc) is 2.67. The lowest BCUT2D eigenvalue weighted by Gasteiger charge is -2.27. The van der Waals surface area contributed by atoms with Gasteiger partial charge in [0.2, 0.25) is 5.95 Å². The van der Waals surface area contributed by atoms with Crippen molar-refractivity contribution >= 4 is 11.9 Å². The summed E-state index contributed by atoms with van der Waals surface area (Å²) in [5.74, 6) is 0.526. The van der Waals surface area contributed by atoms with E-state index in [1.54, 1.807) is 17.2 Å². The summed E-state index contributed by atoms with van der Waals surface area (Å²) in [6.07, 6.45) is 1.65. The fraction of sp³-hybridized carbons (Fsp3) is 0.389. The second-order valence-corrected chi connectivity index (χ2v) is 5.65. The molecule has 0 unspecified atom stereocenters. The number of hydrogen-bond acceptors (Lipinski definition) is 5. The topological polar surface area (TPSA) is 58.6 Å². The van der Waals surface area contributed by atoms with Crippen LogP contribution in [0.4, 0.5) is 5.95 Å². The van der Waals surface area contributed by atoms with E-state index in [-0.39, 0.29) is 5.91 Å². The molecule has 1 amide bonds. The summed E-state index contributed by atoms with van der Waals surface area (Å²) in [5.41, 5.74) is 1.54. The number of rotatable bonds is 5. The Morgan fingerprint density at radius 2 is 1.96 bits per heavy atom. The summed E-state index contributed by atoms with van der Waals surface area (Å²) in [4.78, 5) is 25.4. The molecule has 3 rings (SSSR count). The van der Waals surface area contributed by atoms with Gasteiger partial charge in [0.25, 0.3) is 5.91 Å². The Morgan fingerprint density at radius 1 is 1.21 bits per heavy atom. The van der Waals surface area contributed by atoms with E-state index in [0.717, 1.165) is 18.7 Å². The number of nitrogens with zero attached hydrogens (tertiary/aromatic N) is 4. The van der Waals surface area contributed by atoms with Crippen molar-refractivity contribution in [2.75, 3.05) is 37.7 Å². The zero-order valence-corrected chi connectivity index (χ0v) is 13.9. The van der Waals surface area contributed by atoms with Crippen LogP contribution in [0.2, 0.25) is 0 Å². The van der Waals surface area contributed by atoms with E-state index in [0.29, 0.717) is 37.9 Å². The maximum Gasteiger partial charge on any atom is 0.272 e. The highest BCUT2D eigenvalue weighted by atomic mass is 16.5. The van der Waals surface area contributed by atoms with Crippen molar-refractivity contribution in [1.29, 1.82) is 0 Å². The summed E-state index contributed by atoms with van der Waals surface area (Å²) in [6.45, 7) is 6.01. The fourth-order valence-corrected chi connectivity index (χ4v) is 2.68. The van der Waals surface area contributed by atoms with Crippen LogP contribution in [0, 0.1) is 0 Å². The smallest absolute Gasteiger partial charge is 0.272 e. The quantitative estimate of drug-likeness (QED) is 0.841. The third-order valence-corrected chi connectivity index (χ3v) is 4.04. The predicted molar refractivity (Wildman–Crippen MR) is 91.9 cm³/mol. The van der Waals surface area contributed by atoms with Gasteiger partial charge >= 0.3 is 0 Å². The van der Waals surface area contributed by atoms with Gasteiger partial charge < -0.3 is 14.5 Å². The van der Waals surface area contributed by atoms with Crippen molar-refractivity contribution in [3.63, 3.8) is 0 Å². The van der Waals surface area contributed by atoms with Crippen LogP contribution in [0.15, 0.2) is 42.6 Å². The molecule has 126 valence electrons. The number of carbonyl (C=O) groups is 1. The average molecular weight is 326 g/mol. The van der Waals surface area contributed by atoms with Crippen LogP contribution in [0.25, 0.3) is 0 Å². The molecule has 1 aromatic carbocycles. The molecule has 24 heavy (non-hydrogen) atoms. The lowest BCUT2D eigenvalue weighted by molar-refractivity contribution is 0.0746. The Bertz CT molecular complexity index is 672. The Hall–Kier alpha value is -2.47. The minimum absolute atomic E-state index is 0.0711. The van der Waals surface area contributed by atoms with Gasteiger partial charge in [-0.15, -0.1) is 0 Å². The lowest BCUT2D eigenvalue weighted by Crippen LogP contribution is -2.38. The second kappa shape index (κ2) is 7.88. The van der Waals surface area contributed by atoms with E-state index < -0.39 is 0 Å². The molecule has 1 fully saturated rings. The monoisotopic (exact) mass is 326 g/mol. The normalized spacial score (nSPS) is 14.5. The van der Waals surface area contributed by atoms with Gasteiger partial charge in [-0.05, 0) is 18.6 Å². The molecule has 1 aliphatic heterocycles. The summed E-state index contributed by atoms with van der Waals surface area (Å²) < 4.78 is 5.35. The Kier molecular flexibility index (Phi) is 5.38.